The molecule has 4 heterocycles. The molecule has 27 heavy (non-hydrogen) atoms. The first-order valence-corrected chi connectivity index (χ1v) is 9.02. The van der Waals surface area contributed by atoms with E-state index in [4.69, 9.17) is 28.4 Å². The topological polar surface area (TPSA) is 75.6 Å². The number of aliphatic hydroxyl groups is 1. The standard InChI is InChI=1S/C20H18O7/c21-20-17-12(18(27-20)10-1-3-13-15(5-10)25-8-23-13)7-22-19(17)11-2-4-14-16(6-11)26-9-24-14/h1-6,12,17-21H,7-9H2/t12-,17+,18-,19-,20-/m0/s1. The van der Waals surface area contributed by atoms with Gasteiger partial charge in [0.15, 0.2) is 29.3 Å². The van der Waals surface area contributed by atoms with Gasteiger partial charge in [0.25, 0.3) is 0 Å². The molecule has 1 N–H and O–H groups in total. The maximum Gasteiger partial charge on any atom is 0.231 e. The van der Waals surface area contributed by atoms with Crippen LogP contribution in [0.5, 0.6) is 23.0 Å². The number of fused-ring (bicyclic) bond motifs is 3. The molecule has 0 spiro atoms. The van der Waals surface area contributed by atoms with Crippen LogP contribution in [0.15, 0.2) is 36.4 Å². The summed E-state index contributed by atoms with van der Waals surface area (Å²) in [6, 6.07) is 11.5. The van der Waals surface area contributed by atoms with Gasteiger partial charge < -0.3 is 33.5 Å². The first kappa shape index (κ1) is 15.6. The molecule has 0 aromatic heterocycles. The van der Waals surface area contributed by atoms with Crippen molar-refractivity contribution < 1.29 is 33.5 Å². The van der Waals surface area contributed by atoms with Crippen LogP contribution in [0, 0.1) is 11.8 Å². The summed E-state index contributed by atoms with van der Waals surface area (Å²) in [5, 5.41) is 10.6. The largest absolute Gasteiger partial charge is 0.454 e. The van der Waals surface area contributed by atoms with Crippen molar-refractivity contribution in [2.24, 2.45) is 11.8 Å². The number of rotatable bonds is 2. The van der Waals surface area contributed by atoms with Crippen molar-refractivity contribution >= 4 is 0 Å². The molecule has 0 aliphatic carbocycles. The molecule has 0 radical (unpaired) electrons. The highest BCUT2D eigenvalue weighted by atomic mass is 16.7. The Hall–Kier alpha value is -2.48. The van der Waals surface area contributed by atoms with Gasteiger partial charge in [-0.05, 0) is 35.4 Å². The minimum Gasteiger partial charge on any atom is -0.454 e. The Kier molecular flexibility index (Phi) is 3.32. The van der Waals surface area contributed by atoms with E-state index in [1.165, 1.54) is 0 Å². The number of ether oxygens (including phenoxy) is 6. The van der Waals surface area contributed by atoms with E-state index in [2.05, 4.69) is 0 Å². The molecule has 6 rings (SSSR count). The van der Waals surface area contributed by atoms with Crippen LogP contribution in [0.2, 0.25) is 0 Å². The molecule has 2 aromatic carbocycles. The Bertz CT molecular complexity index is 842. The lowest BCUT2D eigenvalue weighted by atomic mass is 9.84. The van der Waals surface area contributed by atoms with Crippen LogP contribution in [0.1, 0.15) is 23.3 Å². The van der Waals surface area contributed by atoms with E-state index in [0.717, 1.165) is 22.6 Å². The van der Waals surface area contributed by atoms with Crippen LogP contribution in [-0.4, -0.2) is 31.6 Å². The van der Waals surface area contributed by atoms with E-state index in [0.29, 0.717) is 18.1 Å². The number of aliphatic hydroxyl groups excluding tert-OH is 1. The Morgan fingerprint density at radius 1 is 0.741 bits per heavy atom. The predicted molar refractivity (Wildman–Crippen MR) is 90.6 cm³/mol. The average molecular weight is 370 g/mol. The molecular formula is C20H18O7. The molecule has 0 unspecified atom stereocenters. The lowest BCUT2D eigenvalue weighted by Gasteiger charge is -2.20. The third-order valence-electron chi connectivity index (χ3n) is 5.77. The van der Waals surface area contributed by atoms with E-state index < -0.39 is 6.29 Å². The first-order chi connectivity index (χ1) is 13.3. The van der Waals surface area contributed by atoms with Crippen LogP contribution < -0.4 is 18.9 Å². The minimum atomic E-state index is -0.900. The number of hydrogen-bond donors (Lipinski definition) is 1. The van der Waals surface area contributed by atoms with Gasteiger partial charge in [-0.2, -0.15) is 0 Å². The SMILES string of the molecule is O[C@H]1O[C@@H](c2ccc3c(c2)OCO3)[C@H]2CO[C@@H](c3ccc4c(c3)OCO4)[C@@H]21. The maximum atomic E-state index is 10.6. The lowest BCUT2D eigenvalue weighted by molar-refractivity contribution is -0.134. The molecule has 5 atom stereocenters. The molecule has 4 aliphatic heterocycles. The van der Waals surface area contributed by atoms with Crippen molar-refractivity contribution in [2.75, 3.05) is 20.2 Å². The summed E-state index contributed by atoms with van der Waals surface area (Å²) in [5.41, 5.74) is 1.92. The highest BCUT2D eigenvalue weighted by Gasteiger charge is 2.53. The molecule has 7 heteroatoms. The molecule has 2 fully saturated rings. The fourth-order valence-corrected chi connectivity index (χ4v) is 4.48. The van der Waals surface area contributed by atoms with Gasteiger partial charge in [-0.15, -0.1) is 0 Å². The molecule has 2 saturated heterocycles. The van der Waals surface area contributed by atoms with Crippen molar-refractivity contribution in [1.29, 1.82) is 0 Å². The molecule has 2 aromatic rings. The van der Waals surface area contributed by atoms with Crippen LogP contribution in [0.4, 0.5) is 0 Å². The van der Waals surface area contributed by atoms with Crippen molar-refractivity contribution in [3.05, 3.63) is 47.5 Å². The zero-order chi connectivity index (χ0) is 18.0. The van der Waals surface area contributed by atoms with E-state index in [9.17, 15) is 5.11 Å². The highest BCUT2D eigenvalue weighted by molar-refractivity contribution is 5.47. The molecule has 140 valence electrons. The molecule has 4 aliphatic rings. The Balaban J connectivity index is 1.30. The molecule has 0 saturated carbocycles. The summed E-state index contributed by atoms with van der Waals surface area (Å²) in [6.45, 7) is 0.975. The van der Waals surface area contributed by atoms with Crippen LogP contribution in [0.25, 0.3) is 0 Å². The van der Waals surface area contributed by atoms with Gasteiger partial charge in [0.05, 0.1) is 18.8 Å². The van der Waals surface area contributed by atoms with Gasteiger partial charge in [-0.25, -0.2) is 0 Å². The molecule has 7 nitrogen and oxygen atoms in total. The zero-order valence-electron chi connectivity index (χ0n) is 14.4. The van der Waals surface area contributed by atoms with Crippen molar-refractivity contribution in [1.82, 2.24) is 0 Å². The third-order valence-corrected chi connectivity index (χ3v) is 5.77. The Morgan fingerprint density at radius 3 is 2.00 bits per heavy atom. The van der Waals surface area contributed by atoms with E-state index in [1.54, 1.807) is 0 Å². The van der Waals surface area contributed by atoms with E-state index >= 15 is 0 Å². The monoisotopic (exact) mass is 370 g/mol. The summed E-state index contributed by atoms with van der Waals surface area (Å²) in [7, 11) is 0. The van der Waals surface area contributed by atoms with Gasteiger partial charge in [0.2, 0.25) is 13.6 Å². The van der Waals surface area contributed by atoms with E-state index in [-0.39, 0.29) is 37.6 Å². The van der Waals surface area contributed by atoms with Gasteiger partial charge >= 0.3 is 0 Å². The lowest BCUT2D eigenvalue weighted by Crippen LogP contribution is -2.22. The van der Waals surface area contributed by atoms with Gasteiger partial charge in [0.1, 0.15) is 0 Å². The minimum absolute atomic E-state index is 0.0517. The number of benzene rings is 2. The quantitative estimate of drug-likeness (QED) is 0.871. The summed E-state index contributed by atoms with van der Waals surface area (Å²) in [6.07, 6.45) is -1.40. The molecule has 0 bridgehead atoms. The second-order valence-electron chi connectivity index (χ2n) is 7.17. The van der Waals surface area contributed by atoms with Gasteiger partial charge in [-0.1, -0.05) is 12.1 Å². The van der Waals surface area contributed by atoms with Gasteiger partial charge in [0, 0.05) is 11.8 Å². The van der Waals surface area contributed by atoms with Crippen molar-refractivity contribution in [3.63, 3.8) is 0 Å². The maximum absolute atomic E-state index is 10.6. The van der Waals surface area contributed by atoms with E-state index in [1.807, 2.05) is 36.4 Å². The number of hydrogen-bond acceptors (Lipinski definition) is 7. The predicted octanol–water partition coefficient (Wildman–Crippen LogP) is 2.54. The Morgan fingerprint density at radius 2 is 1.33 bits per heavy atom. The average Bonchev–Trinajstić information content (AvgIpc) is 3.45. The summed E-state index contributed by atoms with van der Waals surface area (Å²) >= 11 is 0. The van der Waals surface area contributed by atoms with Crippen LogP contribution in [-0.2, 0) is 9.47 Å². The summed E-state index contributed by atoms with van der Waals surface area (Å²) in [5.74, 6) is 2.78. The van der Waals surface area contributed by atoms with Crippen LogP contribution >= 0.6 is 0 Å². The second-order valence-corrected chi connectivity index (χ2v) is 7.17. The molecular weight excluding hydrogens is 352 g/mol. The smallest absolute Gasteiger partial charge is 0.231 e. The summed E-state index contributed by atoms with van der Waals surface area (Å²) < 4.78 is 33.7. The fourth-order valence-electron chi connectivity index (χ4n) is 4.48. The fraction of sp³-hybridized carbons (Fsp3) is 0.400. The summed E-state index contributed by atoms with van der Waals surface area (Å²) in [4.78, 5) is 0. The van der Waals surface area contributed by atoms with Crippen molar-refractivity contribution in [3.8, 4) is 23.0 Å². The Labute approximate surface area is 155 Å². The third kappa shape index (κ3) is 2.32. The van der Waals surface area contributed by atoms with Gasteiger partial charge in [-0.3, -0.25) is 0 Å². The highest BCUT2D eigenvalue weighted by Crippen LogP contribution is 2.54. The normalized spacial score (nSPS) is 32.7. The van der Waals surface area contributed by atoms with Crippen molar-refractivity contribution in [2.45, 2.75) is 18.5 Å². The zero-order valence-corrected chi connectivity index (χ0v) is 14.4. The first-order valence-electron chi connectivity index (χ1n) is 9.02. The molecule has 0 amide bonds. The second kappa shape index (κ2) is 5.76. The van der Waals surface area contributed by atoms with Crippen LogP contribution in [0.3, 0.4) is 0 Å².